The Balaban J connectivity index is 1.59. The van der Waals surface area contributed by atoms with Crippen molar-refractivity contribution < 1.29 is 9.63 Å². The van der Waals surface area contributed by atoms with Gasteiger partial charge in [0.25, 0.3) is 0 Å². The van der Waals surface area contributed by atoms with Gasteiger partial charge in [-0.25, -0.2) is 0 Å². The smallest absolute Gasteiger partial charge is 0.217 e. The van der Waals surface area contributed by atoms with Crippen LogP contribution in [0.3, 0.4) is 0 Å². The van der Waals surface area contributed by atoms with Crippen molar-refractivity contribution in [2.45, 2.75) is 25.9 Å². The molecule has 5 nitrogen and oxygen atoms in total. The highest BCUT2D eigenvalue weighted by atomic mass is 16.6. The third-order valence-electron chi connectivity index (χ3n) is 3.94. The van der Waals surface area contributed by atoms with Crippen molar-refractivity contribution in [3.63, 3.8) is 0 Å². The van der Waals surface area contributed by atoms with Crippen molar-refractivity contribution in [3.05, 3.63) is 42.0 Å². The minimum Gasteiger partial charge on any atom is -0.390 e. The summed E-state index contributed by atoms with van der Waals surface area (Å²) in [6.45, 7) is 4.05. The first kappa shape index (κ1) is 14.6. The van der Waals surface area contributed by atoms with E-state index in [9.17, 15) is 4.79 Å². The van der Waals surface area contributed by atoms with Gasteiger partial charge in [0, 0.05) is 32.1 Å². The summed E-state index contributed by atoms with van der Waals surface area (Å²) in [6, 6.07) is 8.46. The summed E-state index contributed by atoms with van der Waals surface area (Å²) in [5.41, 5.74) is 3.27. The molecule has 0 saturated carbocycles. The van der Waals surface area contributed by atoms with E-state index in [-0.39, 0.29) is 12.0 Å². The first-order valence-corrected chi connectivity index (χ1v) is 7.70. The zero-order valence-corrected chi connectivity index (χ0v) is 12.8. The maximum Gasteiger partial charge on any atom is 0.217 e. The van der Waals surface area contributed by atoms with Crippen molar-refractivity contribution in [2.75, 3.05) is 24.5 Å². The minimum atomic E-state index is -0.0641. The highest BCUT2D eigenvalue weighted by Gasteiger charge is 2.22. The molecule has 1 unspecified atom stereocenters. The molecule has 0 fully saturated rings. The fourth-order valence-electron chi connectivity index (χ4n) is 2.71. The molecular weight excluding hydrogens is 278 g/mol. The van der Waals surface area contributed by atoms with Gasteiger partial charge in [-0.15, -0.1) is 0 Å². The Morgan fingerprint density at radius 2 is 2.18 bits per heavy atom. The number of amides is 1. The number of oxime groups is 1. The summed E-state index contributed by atoms with van der Waals surface area (Å²) >= 11 is 0. The predicted molar refractivity (Wildman–Crippen MR) is 87.1 cm³/mol. The van der Waals surface area contributed by atoms with Crippen molar-refractivity contribution >= 4 is 17.3 Å². The number of hydrogen-bond acceptors (Lipinski definition) is 4. The first-order chi connectivity index (χ1) is 10.7. The fourth-order valence-corrected chi connectivity index (χ4v) is 2.71. The lowest BCUT2D eigenvalue weighted by Crippen LogP contribution is -2.30. The Morgan fingerprint density at radius 3 is 2.86 bits per heavy atom. The Labute approximate surface area is 130 Å². The maximum atomic E-state index is 10.9. The number of hydrogen-bond donors (Lipinski definition) is 1. The van der Waals surface area contributed by atoms with Crippen molar-refractivity contribution in [2.24, 2.45) is 5.16 Å². The normalized spacial score (nSPS) is 20.5. The summed E-state index contributed by atoms with van der Waals surface area (Å²) in [5, 5.41) is 6.91. The van der Waals surface area contributed by atoms with Crippen LogP contribution in [0.1, 0.15) is 25.3 Å². The summed E-state index contributed by atoms with van der Waals surface area (Å²) < 4.78 is 0. The molecule has 2 heterocycles. The van der Waals surface area contributed by atoms with Crippen LogP contribution >= 0.6 is 0 Å². The van der Waals surface area contributed by atoms with E-state index in [1.807, 2.05) is 0 Å². The van der Waals surface area contributed by atoms with Gasteiger partial charge in [0.05, 0.1) is 12.3 Å². The van der Waals surface area contributed by atoms with Crippen LogP contribution in [0.5, 0.6) is 0 Å². The van der Waals surface area contributed by atoms with Gasteiger partial charge in [0.1, 0.15) is 6.10 Å². The monoisotopic (exact) mass is 299 g/mol. The van der Waals surface area contributed by atoms with Gasteiger partial charge in [0.15, 0.2) is 0 Å². The molecule has 1 atom stereocenters. The number of benzene rings is 1. The molecule has 1 aromatic rings. The highest BCUT2D eigenvalue weighted by molar-refractivity contribution is 6.01. The van der Waals surface area contributed by atoms with Crippen LogP contribution in [-0.4, -0.2) is 37.4 Å². The Morgan fingerprint density at radius 1 is 1.36 bits per heavy atom. The number of anilines is 1. The Hall–Kier alpha value is -2.30. The number of nitrogens with one attached hydrogen (secondary N) is 1. The summed E-state index contributed by atoms with van der Waals surface area (Å²) in [7, 11) is 0. The standard InChI is InChI=1S/C17H21N3O2/c1-13(21)18-12-16-11-17(19-22-16)14-5-7-15(8-6-14)20-9-3-2-4-10-20/h2-3,5-8,16H,4,9-12H2,1H3,(H,18,21). The molecule has 5 heteroatoms. The number of carbonyl (C=O) groups is 1. The largest absolute Gasteiger partial charge is 0.390 e. The van der Waals surface area contributed by atoms with Gasteiger partial charge in [-0.1, -0.05) is 29.4 Å². The van der Waals surface area contributed by atoms with Gasteiger partial charge >= 0.3 is 0 Å². The second-order valence-corrected chi connectivity index (χ2v) is 5.66. The van der Waals surface area contributed by atoms with E-state index in [4.69, 9.17) is 4.84 Å². The lowest BCUT2D eigenvalue weighted by atomic mass is 10.0. The van der Waals surface area contributed by atoms with Crippen LogP contribution in [0.25, 0.3) is 0 Å². The Kier molecular flexibility index (Phi) is 4.42. The van der Waals surface area contributed by atoms with Gasteiger partial charge < -0.3 is 15.1 Å². The molecule has 0 bridgehead atoms. The molecule has 1 aromatic carbocycles. The van der Waals surface area contributed by atoms with E-state index >= 15 is 0 Å². The second kappa shape index (κ2) is 6.64. The lowest BCUT2D eigenvalue weighted by molar-refractivity contribution is -0.119. The zero-order chi connectivity index (χ0) is 15.4. The van der Waals surface area contributed by atoms with E-state index in [1.165, 1.54) is 12.6 Å². The SMILES string of the molecule is CC(=O)NCC1CC(c2ccc(N3CC=CCC3)cc2)=NO1. The molecule has 0 radical (unpaired) electrons. The summed E-state index contributed by atoms with van der Waals surface area (Å²) in [4.78, 5) is 18.7. The first-order valence-electron chi connectivity index (χ1n) is 7.70. The van der Waals surface area contributed by atoms with Gasteiger partial charge in [-0.3, -0.25) is 4.79 Å². The van der Waals surface area contributed by atoms with E-state index in [1.54, 1.807) is 0 Å². The molecule has 0 saturated heterocycles. The molecule has 0 aromatic heterocycles. The average molecular weight is 299 g/mol. The average Bonchev–Trinajstić information content (AvgIpc) is 3.03. The van der Waals surface area contributed by atoms with Crippen LogP contribution in [-0.2, 0) is 9.63 Å². The molecule has 2 aliphatic rings. The van der Waals surface area contributed by atoms with Crippen LogP contribution < -0.4 is 10.2 Å². The molecule has 0 spiro atoms. The maximum absolute atomic E-state index is 10.9. The highest BCUT2D eigenvalue weighted by Crippen LogP contribution is 2.21. The molecule has 1 amide bonds. The van der Waals surface area contributed by atoms with Crippen LogP contribution in [0.4, 0.5) is 5.69 Å². The van der Waals surface area contributed by atoms with E-state index in [0.29, 0.717) is 6.54 Å². The van der Waals surface area contributed by atoms with Crippen molar-refractivity contribution in [3.8, 4) is 0 Å². The molecule has 22 heavy (non-hydrogen) atoms. The van der Waals surface area contributed by atoms with E-state index in [0.717, 1.165) is 37.2 Å². The van der Waals surface area contributed by atoms with Crippen molar-refractivity contribution in [1.82, 2.24) is 5.32 Å². The van der Waals surface area contributed by atoms with E-state index in [2.05, 4.69) is 51.8 Å². The molecule has 0 aliphatic carbocycles. The van der Waals surface area contributed by atoms with Crippen LogP contribution in [0.15, 0.2) is 41.6 Å². The molecule has 3 rings (SSSR count). The van der Waals surface area contributed by atoms with Crippen LogP contribution in [0, 0.1) is 0 Å². The Bertz CT molecular complexity index is 592. The number of carbonyl (C=O) groups excluding carboxylic acids is 1. The zero-order valence-electron chi connectivity index (χ0n) is 12.8. The van der Waals surface area contributed by atoms with Gasteiger partial charge in [0.2, 0.25) is 5.91 Å². The summed E-state index contributed by atoms with van der Waals surface area (Å²) in [5.74, 6) is -0.0445. The van der Waals surface area contributed by atoms with Gasteiger partial charge in [-0.2, -0.15) is 0 Å². The second-order valence-electron chi connectivity index (χ2n) is 5.66. The predicted octanol–water partition coefficient (Wildman–Crippen LogP) is 2.08. The fraction of sp³-hybridized carbons (Fsp3) is 0.412. The quantitative estimate of drug-likeness (QED) is 0.866. The molecule has 2 aliphatic heterocycles. The third-order valence-corrected chi connectivity index (χ3v) is 3.94. The topological polar surface area (TPSA) is 53.9 Å². The van der Waals surface area contributed by atoms with Crippen LogP contribution in [0.2, 0.25) is 0 Å². The molecular formula is C17H21N3O2. The molecule has 1 N–H and O–H groups in total. The number of rotatable bonds is 4. The minimum absolute atomic E-state index is 0.0445. The lowest BCUT2D eigenvalue weighted by Gasteiger charge is -2.25. The molecule has 116 valence electrons. The van der Waals surface area contributed by atoms with E-state index < -0.39 is 0 Å². The van der Waals surface area contributed by atoms with Gasteiger partial charge in [-0.05, 0) is 24.1 Å². The summed E-state index contributed by atoms with van der Waals surface area (Å²) in [6.07, 6.45) is 6.20. The number of nitrogens with zero attached hydrogens (tertiary/aromatic N) is 2. The van der Waals surface area contributed by atoms with Crippen molar-refractivity contribution in [1.29, 1.82) is 0 Å². The third kappa shape index (κ3) is 3.47.